The normalized spacial score (nSPS) is 19.5. The van der Waals surface area contributed by atoms with Gasteiger partial charge in [0.1, 0.15) is 11.4 Å². The van der Waals surface area contributed by atoms with Crippen LogP contribution >= 0.6 is 0 Å². The molecule has 0 bridgehead atoms. The molecule has 1 amide bonds. The highest BCUT2D eigenvalue weighted by molar-refractivity contribution is 7.92. The summed E-state index contributed by atoms with van der Waals surface area (Å²) in [5.41, 5.74) is 0.597. The summed E-state index contributed by atoms with van der Waals surface area (Å²) < 4.78 is 65.9. The van der Waals surface area contributed by atoms with Crippen molar-refractivity contribution in [2.45, 2.75) is 81.8 Å². The molecule has 9 heteroatoms. The molecule has 1 spiro atoms. The van der Waals surface area contributed by atoms with Gasteiger partial charge in [0.2, 0.25) is 0 Å². The van der Waals surface area contributed by atoms with Gasteiger partial charge in [-0.3, -0.25) is 4.79 Å². The van der Waals surface area contributed by atoms with Crippen LogP contribution in [-0.4, -0.2) is 49.3 Å². The van der Waals surface area contributed by atoms with Gasteiger partial charge in [0.05, 0.1) is 22.4 Å². The number of hydrogen-bond acceptors (Lipinski definition) is 5. The van der Waals surface area contributed by atoms with Crippen molar-refractivity contribution in [2.75, 3.05) is 13.1 Å². The second kappa shape index (κ2) is 9.74. The van der Waals surface area contributed by atoms with Gasteiger partial charge in [-0.1, -0.05) is 0 Å². The van der Waals surface area contributed by atoms with Gasteiger partial charge in [0, 0.05) is 49.5 Å². The van der Waals surface area contributed by atoms with Crippen LogP contribution in [0.3, 0.4) is 0 Å². The first-order valence-electron chi connectivity index (χ1n) is 12.3. The number of fused-ring (bicyclic) bond motifs is 1. The van der Waals surface area contributed by atoms with E-state index < -0.39 is 38.4 Å². The summed E-state index contributed by atoms with van der Waals surface area (Å²) in [5.74, 6) is -1.61. The van der Waals surface area contributed by atoms with Gasteiger partial charge in [-0.05, 0) is 64.4 Å². The number of rotatable bonds is 5. The molecule has 0 unspecified atom stereocenters. The van der Waals surface area contributed by atoms with Crippen molar-refractivity contribution >= 4 is 15.7 Å². The fourth-order valence-electron chi connectivity index (χ4n) is 5.04. The Hall–Kier alpha value is -2.52. The predicted molar refractivity (Wildman–Crippen MR) is 132 cm³/mol. The minimum absolute atomic E-state index is 0.0191. The van der Waals surface area contributed by atoms with Crippen LogP contribution in [0.4, 0.5) is 8.78 Å². The Kier molecular flexibility index (Phi) is 7.18. The Bertz CT molecular complexity index is 1270. The van der Waals surface area contributed by atoms with Gasteiger partial charge in [-0.2, -0.15) is 0 Å². The van der Waals surface area contributed by atoms with Crippen LogP contribution in [0.15, 0.2) is 35.2 Å². The highest BCUT2D eigenvalue weighted by Gasteiger charge is 2.46. The third kappa shape index (κ3) is 5.00. The number of carbonyl (C=O) groups is 1. The molecule has 0 N–H and O–H groups in total. The van der Waals surface area contributed by atoms with E-state index in [-0.39, 0.29) is 22.7 Å². The molecule has 2 aliphatic heterocycles. The third-order valence-electron chi connectivity index (χ3n) is 7.01. The summed E-state index contributed by atoms with van der Waals surface area (Å²) in [6.07, 6.45) is 0.706. The van der Waals surface area contributed by atoms with Crippen LogP contribution in [0.25, 0.3) is 0 Å². The smallest absolute Gasteiger partial charge is 0.253 e. The average molecular weight is 522 g/mol. The topological polar surface area (TPSA) is 72.9 Å². The van der Waals surface area contributed by atoms with Crippen LogP contribution in [0, 0.1) is 18.6 Å². The van der Waals surface area contributed by atoms with E-state index in [1.54, 1.807) is 37.8 Å². The first kappa shape index (κ1) is 26.5. The molecular formula is C27H33F2NO5S. The molecule has 2 aromatic rings. The zero-order chi connectivity index (χ0) is 26.4. The number of ether oxygens (including phenoxy) is 2. The van der Waals surface area contributed by atoms with Crippen LogP contribution in [0.2, 0.25) is 0 Å². The number of piperidine rings is 1. The first-order valence-corrected chi connectivity index (χ1v) is 13.8. The fraction of sp³-hybridized carbons (Fsp3) is 0.519. The number of aryl methyl sites for hydroxylation is 1. The maximum absolute atomic E-state index is 14.7. The van der Waals surface area contributed by atoms with Crippen LogP contribution in [0.5, 0.6) is 5.75 Å². The largest absolute Gasteiger partial charge is 0.484 e. The number of hydrogen-bond donors (Lipinski definition) is 0. The Balaban J connectivity index is 1.52. The standard InChI is InChI=1S/C27H33F2NO5S/c1-16(2)34-23-15-27(35-25-21(23)13-20(28)14-22(25)29)8-10-30(11-9-27)26(31)19-6-7-24(18(5)12-19)36(32,33)17(3)4/h6-7,12-14,16-17,23H,8-11,15H2,1-5H3/t23-/m1/s1. The highest BCUT2D eigenvalue weighted by Crippen LogP contribution is 2.47. The Labute approximate surface area is 211 Å². The second-order valence-electron chi connectivity index (χ2n) is 10.3. The van der Waals surface area contributed by atoms with E-state index in [4.69, 9.17) is 9.47 Å². The van der Waals surface area contributed by atoms with Gasteiger partial charge in [-0.15, -0.1) is 0 Å². The van der Waals surface area contributed by atoms with Crippen LogP contribution in [0.1, 0.15) is 74.5 Å². The SMILES string of the molecule is Cc1cc(C(=O)N2CCC3(CC2)C[C@@H](OC(C)C)c2cc(F)cc(F)c2O3)ccc1S(=O)(=O)C(C)C. The van der Waals surface area contributed by atoms with Crippen LogP contribution in [-0.2, 0) is 14.6 Å². The lowest BCUT2D eigenvalue weighted by molar-refractivity contribution is -0.0891. The van der Waals surface area contributed by atoms with E-state index >= 15 is 0 Å². The highest BCUT2D eigenvalue weighted by atomic mass is 32.2. The van der Waals surface area contributed by atoms with Gasteiger partial charge in [0.25, 0.3) is 5.91 Å². The molecule has 2 aromatic carbocycles. The maximum atomic E-state index is 14.7. The molecule has 2 heterocycles. The number of halogens is 2. The van der Waals surface area contributed by atoms with Crippen LogP contribution < -0.4 is 4.74 Å². The van der Waals surface area contributed by atoms with E-state index in [1.165, 1.54) is 12.1 Å². The minimum atomic E-state index is -3.45. The van der Waals surface area contributed by atoms with Crippen molar-refractivity contribution in [3.8, 4) is 5.75 Å². The number of likely N-dealkylation sites (tertiary alicyclic amines) is 1. The summed E-state index contributed by atoms with van der Waals surface area (Å²) >= 11 is 0. The minimum Gasteiger partial charge on any atom is -0.484 e. The third-order valence-corrected chi connectivity index (χ3v) is 9.32. The summed E-state index contributed by atoms with van der Waals surface area (Å²) in [7, 11) is -3.45. The lowest BCUT2D eigenvalue weighted by Gasteiger charge is -2.47. The molecule has 4 rings (SSSR count). The molecule has 0 radical (unpaired) electrons. The number of carbonyl (C=O) groups excluding carboxylic acids is 1. The average Bonchev–Trinajstić information content (AvgIpc) is 2.79. The van der Waals surface area contributed by atoms with Gasteiger partial charge in [0.15, 0.2) is 21.4 Å². The first-order chi connectivity index (χ1) is 16.8. The monoisotopic (exact) mass is 521 g/mol. The number of amides is 1. The summed E-state index contributed by atoms with van der Waals surface area (Å²) in [4.78, 5) is 15.2. The second-order valence-corrected chi connectivity index (χ2v) is 12.8. The fourth-order valence-corrected chi connectivity index (χ4v) is 6.32. The molecule has 0 aromatic heterocycles. The molecule has 36 heavy (non-hydrogen) atoms. The molecule has 6 nitrogen and oxygen atoms in total. The number of benzene rings is 2. The van der Waals surface area contributed by atoms with Crippen molar-refractivity contribution in [2.24, 2.45) is 0 Å². The predicted octanol–water partition coefficient (Wildman–Crippen LogP) is 5.38. The zero-order valence-corrected chi connectivity index (χ0v) is 22.1. The van der Waals surface area contributed by atoms with Gasteiger partial charge in [-0.25, -0.2) is 17.2 Å². The maximum Gasteiger partial charge on any atom is 0.253 e. The number of nitrogens with zero attached hydrogens (tertiary/aromatic N) is 1. The van der Waals surface area contributed by atoms with Crippen molar-refractivity contribution in [3.05, 3.63) is 58.7 Å². The molecule has 1 atom stereocenters. The summed E-state index contributed by atoms with van der Waals surface area (Å²) in [5, 5.41) is -0.554. The van der Waals surface area contributed by atoms with Crippen molar-refractivity contribution in [3.63, 3.8) is 0 Å². The van der Waals surface area contributed by atoms with Crippen molar-refractivity contribution < 1.29 is 31.5 Å². The molecule has 0 saturated carbocycles. The Morgan fingerprint density at radius 1 is 1.11 bits per heavy atom. The van der Waals surface area contributed by atoms with E-state index in [9.17, 15) is 22.0 Å². The summed E-state index contributed by atoms with van der Waals surface area (Å²) in [6.45, 7) is 9.46. The summed E-state index contributed by atoms with van der Waals surface area (Å²) in [6, 6.07) is 6.75. The van der Waals surface area contributed by atoms with E-state index in [1.807, 2.05) is 13.8 Å². The molecule has 1 fully saturated rings. The van der Waals surface area contributed by atoms with Crippen molar-refractivity contribution in [1.29, 1.82) is 0 Å². The van der Waals surface area contributed by atoms with Crippen molar-refractivity contribution in [1.82, 2.24) is 4.90 Å². The van der Waals surface area contributed by atoms with E-state index in [0.717, 1.165) is 6.07 Å². The Morgan fingerprint density at radius 2 is 1.78 bits per heavy atom. The quantitative estimate of drug-likeness (QED) is 0.528. The Morgan fingerprint density at radius 3 is 2.36 bits per heavy atom. The van der Waals surface area contributed by atoms with Gasteiger partial charge >= 0.3 is 0 Å². The lowest BCUT2D eigenvalue weighted by Crippen LogP contribution is -2.52. The van der Waals surface area contributed by atoms with Gasteiger partial charge < -0.3 is 14.4 Å². The van der Waals surface area contributed by atoms with E-state index in [2.05, 4.69) is 0 Å². The lowest BCUT2D eigenvalue weighted by atomic mass is 9.81. The number of sulfone groups is 1. The zero-order valence-electron chi connectivity index (χ0n) is 21.3. The molecule has 1 saturated heterocycles. The molecule has 196 valence electrons. The molecular weight excluding hydrogens is 488 g/mol. The van der Waals surface area contributed by atoms with E-state index in [0.29, 0.717) is 49.0 Å². The molecule has 0 aliphatic carbocycles. The molecule has 2 aliphatic rings.